The summed E-state index contributed by atoms with van der Waals surface area (Å²) in [5, 5.41) is 8.62. The first-order chi connectivity index (χ1) is 15.9. The molecule has 1 unspecified atom stereocenters. The van der Waals surface area contributed by atoms with Gasteiger partial charge in [-0.2, -0.15) is 0 Å². The molecule has 0 aromatic carbocycles. The molecule has 0 spiro atoms. The average molecular weight is 492 g/mol. The summed E-state index contributed by atoms with van der Waals surface area (Å²) in [5.41, 5.74) is 5.07. The van der Waals surface area contributed by atoms with Gasteiger partial charge in [0, 0.05) is 37.2 Å². The van der Waals surface area contributed by atoms with Crippen molar-refractivity contribution < 1.29 is 4.74 Å². The Morgan fingerprint density at radius 1 is 1.45 bits per heavy atom. The summed E-state index contributed by atoms with van der Waals surface area (Å²) in [7, 11) is 3.94. The summed E-state index contributed by atoms with van der Waals surface area (Å²) >= 11 is 3.19. The summed E-state index contributed by atoms with van der Waals surface area (Å²) in [6, 6.07) is 0.613. The molecule has 1 aromatic heterocycles. The number of allylic oxidation sites excluding steroid dienone is 4. The first-order valence-corrected chi connectivity index (χ1v) is 13.5. The Bertz CT molecular complexity index is 866. The lowest BCUT2D eigenvalue weighted by Crippen LogP contribution is -2.36. The van der Waals surface area contributed by atoms with Gasteiger partial charge in [0.1, 0.15) is 0 Å². The molecule has 1 atom stereocenters. The van der Waals surface area contributed by atoms with Crippen LogP contribution >= 0.6 is 23.3 Å². The van der Waals surface area contributed by atoms with Gasteiger partial charge in [0.25, 0.3) is 5.19 Å². The smallest absolute Gasteiger partial charge is 0.292 e. The van der Waals surface area contributed by atoms with E-state index in [1.165, 1.54) is 29.1 Å². The highest BCUT2D eigenvalue weighted by Crippen LogP contribution is 2.30. The molecule has 2 rings (SSSR count). The normalized spacial score (nSPS) is 19.5. The third-order valence-corrected chi connectivity index (χ3v) is 7.42. The molecule has 33 heavy (non-hydrogen) atoms. The van der Waals surface area contributed by atoms with Gasteiger partial charge < -0.3 is 10.1 Å². The van der Waals surface area contributed by atoms with Crippen LogP contribution in [0.25, 0.3) is 0 Å². The van der Waals surface area contributed by atoms with Crippen molar-refractivity contribution in [2.24, 2.45) is 13.0 Å². The van der Waals surface area contributed by atoms with Gasteiger partial charge in [-0.1, -0.05) is 43.9 Å². The van der Waals surface area contributed by atoms with Crippen molar-refractivity contribution in [3.63, 3.8) is 0 Å². The number of ether oxygens (including phenoxy) is 1. The maximum atomic E-state index is 5.94. The number of nitrogens with one attached hydrogen (secondary N) is 2. The van der Waals surface area contributed by atoms with E-state index in [9.17, 15) is 0 Å². The van der Waals surface area contributed by atoms with Gasteiger partial charge in [0.2, 0.25) is 0 Å². The Kier molecular flexibility index (Phi) is 12.1. The van der Waals surface area contributed by atoms with E-state index in [1.54, 1.807) is 11.9 Å². The van der Waals surface area contributed by atoms with Crippen LogP contribution in [0.4, 0.5) is 0 Å². The average Bonchev–Trinajstić information content (AvgIpc) is 2.76. The van der Waals surface area contributed by atoms with Gasteiger partial charge in [-0.15, -0.1) is 5.10 Å². The van der Waals surface area contributed by atoms with E-state index < -0.39 is 0 Å². The molecule has 0 aliphatic heterocycles. The maximum absolute atomic E-state index is 5.94. The largest absolute Gasteiger partial charge is 0.466 e. The van der Waals surface area contributed by atoms with Crippen LogP contribution in [0.3, 0.4) is 0 Å². The minimum atomic E-state index is 0.129. The van der Waals surface area contributed by atoms with Crippen molar-refractivity contribution in [2.75, 3.05) is 7.05 Å². The minimum Gasteiger partial charge on any atom is -0.466 e. The van der Waals surface area contributed by atoms with Crippen molar-refractivity contribution in [1.82, 2.24) is 24.8 Å². The summed E-state index contributed by atoms with van der Waals surface area (Å²) in [4.78, 5) is 5.93. The Labute approximate surface area is 208 Å². The molecule has 1 aromatic rings. The number of hydrogen-bond donors (Lipinski definition) is 2. The Morgan fingerprint density at radius 2 is 2.21 bits per heavy atom. The van der Waals surface area contributed by atoms with Gasteiger partial charge in [0.05, 0.1) is 23.0 Å². The minimum absolute atomic E-state index is 0.129. The summed E-state index contributed by atoms with van der Waals surface area (Å²) in [6.45, 7) is 12.4. The molecule has 1 saturated carbocycles. The second kappa shape index (κ2) is 14.5. The quantitative estimate of drug-likeness (QED) is 0.260. The highest BCUT2D eigenvalue weighted by atomic mass is 32.2. The Balaban J connectivity index is 2.15. The lowest BCUT2D eigenvalue weighted by Gasteiger charge is -2.33. The second-order valence-electron chi connectivity index (χ2n) is 8.67. The molecular weight excluding hydrogens is 450 g/mol. The monoisotopic (exact) mass is 491 g/mol. The van der Waals surface area contributed by atoms with Crippen LogP contribution in [0.2, 0.25) is 0 Å². The molecule has 0 radical (unpaired) electrons. The van der Waals surface area contributed by atoms with Crippen molar-refractivity contribution in [3.8, 4) is 5.19 Å². The Morgan fingerprint density at radius 3 is 2.85 bits per heavy atom. The first-order valence-electron chi connectivity index (χ1n) is 11.8. The van der Waals surface area contributed by atoms with E-state index in [1.807, 2.05) is 43.4 Å². The van der Waals surface area contributed by atoms with E-state index in [-0.39, 0.29) is 6.10 Å². The van der Waals surface area contributed by atoms with Crippen molar-refractivity contribution in [3.05, 3.63) is 52.3 Å². The molecule has 1 aliphatic carbocycles. The molecule has 0 bridgehead atoms. The van der Waals surface area contributed by atoms with Crippen molar-refractivity contribution in [2.45, 2.75) is 78.4 Å². The summed E-state index contributed by atoms with van der Waals surface area (Å²) in [6.07, 6.45) is 12.4. The van der Waals surface area contributed by atoms with Gasteiger partial charge >= 0.3 is 0 Å². The fraction of sp³-hybridized carbons (Fsp3) is 0.600. The van der Waals surface area contributed by atoms with Crippen LogP contribution in [-0.2, 0) is 13.5 Å². The zero-order chi connectivity index (χ0) is 24.2. The molecule has 0 saturated heterocycles. The van der Waals surface area contributed by atoms with Crippen LogP contribution in [-0.4, -0.2) is 34.0 Å². The Hall–Kier alpha value is -1.77. The fourth-order valence-electron chi connectivity index (χ4n) is 3.55. The lowest BCUT2D eigenvalue weighted by molar-refractivity contribution is 0.211. The van der Waals surface area contributed by atoms with Gasteiger partial charge in [-0.05, 0) is 69.9 Å². The van der Waals surface area contributed by atoms with Gasteiger partial charge in [0.15, 0.2) is 0 Å². The predicted molar refractivity (Wildman–Crippen MR) is 143 cm³/mol. The van der Waals surface area contributed by atoms with Crippen LogP contribution in [0.5, 0.6) is 5.19 Å². The van der Waals surface area contributed by atoms with Crippen LogP contribution in [0.1, 0.15) is 64.3 Å². The zero-order valence-electron chi connectivity index (χ0n) is 21.1. The van der Waals surface area contributed by atoms with Crippen molar-refractivity contribution >= 4 is 23.3 Å². The zero-order valence-corrected chi connectivity index (χ0v) is 22.7. The third-order valence-electron chi connectivity index (χ3n) is 5.81. The summed E-state index contributed by atoms with van der Waals surface area (Å²) in [5.74, 6) is 0.835. The van der Waals surface area contributed by atoms with E-state index in [0.717, 1.165) is 48.7 Å². The molecule has 184 valence electrons. The number of nitrogens with zero attached hydrogens (tertiary/aromatic N) is 3. The standard InChI is InChI=1S/C25H41N5OS2/c1-8-11-21(26-6)16-23(33-29-22-14-18(3)15-22)12-10-13-24-20(5)27-17-32-25(28-30(24)7)31-19(4)9-2/h8,11-12,17-19,22,26,29H,1,9-10,13-16H2,2-7H3/b21-11+,23-12+,24-20?,27-17?,28-25?/t18-,19?,22+. The number of rotatable bonds is 13. The molecule has 0 amide bonds. The predicted octanol–water partition coefficient (Wildman–Crippen LogP) is 6.02. The molecule has 1 aliphatic rings. The third kappa shape index (κ3) is 9.55. The van der Waals surface area contributed by atoms with E-state index in [4.69, 9.17) is 9.84 Å². The number of aromatic nitrogens is 3. The molecule has 8 heteroatoms. The second-order valence-corrected chi connectivity index (χ2v) is 10.4. The van der Waals surface area contributed by atoms with E-state index in [0.29, 0.717) is 11.2 Å². The maximum Gasteiger partial charge on any atom is 0.292 e. The van der Waals surface area contributed by atoms with Crippen molar-refractivity contribution in [1.29, 1.82) is 0 Å². The van der Waals surface area contributed by atoms with Crippen LogP contribution in [0, 0.1) is 12.8 Å². The van der Waals surface area contributed by atoms with Gasteiger partial charge in [-0.3, -0.25) is 9.40 Å². The molecule has 2 N–H and O–H groups in total. The van der Waals surface area contributed by atoms with Crippen LogP contribution in [0.15, 0.2) is 40.9 Å². The molecule has 6 nitrogen and oxygen atoms in total. The lowest BCUT2D eigenvalue weighted by atomic mass is 9.83. The number of hydrogen-bond acceptors (Lipinski definition) is 7. The summed E-state index contributed by atoms with van der Waals surface area (Å²) < 4.78 is 11.5. The van der Waals surface area contributed by atoms with E-state index in [2.05, 4.69) is 48.4 Å². The molecule has 1 heterocycles. The topological polar surface area (TPSA) is 64.0 Å². The SMILES string of the molecule is C=C/C=C(\C/C(=C\CCc1c(C)ncsc(OC(C)CC)nn1C)SN[C@H]1C[C@@H](C)C1)NC. The highest BCUT2D eigenvalue weighted by Gasteiger charge is 2.25. The molecule has 1 fully saturated rings. The van der Waals surface area contributed by atoms with E-state index >= 15 is 0 Å². The van der Waals surface area contributed by atoms with Crippen LogP contribution < -0.4 is 14.8 Å². The number of aryl methyl sites for hydroxylation is 2. The van der Waals surface area contributed by atoms with Gasteiger partial charge in [-0.25, -0.2) is 4.98 Å². The first kappa shape index (κ1) is 27.5. The fourth-order valence-corrected chi connectivity index (χ4v) is 5.18. The molecular formula is C25H41N5OS2. The highest BCUT2D eigenvalue weighted by molar-refractivity contribution is 8.01.